The van der Waals surface area contributed by atoms with Gasteiger partial charge in [0.25, 0.3) is 0 Å². The number of likely N-dealkylation sites (N-methyl/N-ethyl adjacent to an activating group) is 1. The second kappa shape index (κ2) is 9.53. The van der Waals surface area contributed by atoms with Crippen LogP contribution in [0.15, 0.2) is 4.99 Å². The van der Waals surface area contributed by atoms with Crippen LogP contribution >= 0.6 is 0 Å². The Morgan fingerprint density at radius 3 is 2.65 bits per heavy atom. The number of likely N-dealkylation sites (tertiary alicyclic amines) is 1. The minimum atomic E-state index is 0.0254. The van der Waals surface area contributed by atoms with Gasteiger partial charge in [-0.05, 0) is 12.8 Å². The number of hydrogen-bond acceptors (Lipinski definition) is 5. The van der Waals surface area contributed by atoms with E-state index < -0.39 is 0 Å². The van der Waals surface area contributed by atoms with Crippen LogP contribution in [0, 0.1) is 5.92 Å². The number of aliphatic imine (C=N–C) groups is 1. The first-order valence-corrected chi connectivity index (χ1v) is 9.76. The average Bonchev–Trinajstić information content (AvgIpc) is 3.34. The lowest BCUT2D eigenvalue weighted by molar-refractivity contribution is -0.127. The molecule has 0 aromatic carbocycles. The molecule has 0 bridgehead atoms. The Bertz CT molecular complexity index is 487. The summed E-state index contributed by atoms with van der Waals surface area (Å²) in [6, 6.07) is 0.547. The van der Waals surface area contributed by atoms with E-state index in [2.05, 4.69) is 20.1 Å². The molecule has 26 heavy (non-hydrogen) atoms. The van der Waals surface area contributed by atoms with Gasteiger partial charge < -0.3 is 24.6 Å². The molecular weight excluding hydrogens is 334 g/mol. The highest BCUT2D eigenvalue weighted by molar-refractivity contribution is 5.85. The predicted octanol–water partition coefficient (Wildman–Crippen LogP) is -0.537. The minimum Gasteiger partial charge on any atom is -0.381 e. The average molecular weight is 367 g/mol. The van der Waals surface area contributed by atoms with Gasteiger partial charge in [-0.15, -0.1) is 0 Å². The van der Waals surface area contributed by atoms with Gasteiger partial charge in [-0.1, -0.05) is 0 Å². The first-order valence-electron chi connectivity index (χ1n) is 9.76. The summed E-state index contributed by atoms with van der Waals surface area (Å²) in [5, 5.41) is 3.50. The molecule has 3 saturated heterocycles. The molecular formula is C18H33N5O3. The van der Waals surface area contributed by atoms with Crippen molar-refractivity contribution in [3.63, 3.8) is 0 Å². The number of carbonyl (C=O) groups is 1. The Balaban J connectivity index is 1.58. The number of guanidine groups is 1. The number of nitrogens with one attached hydrogen (secondary N) is 1. The molecule has 3 heterocycles. The molecule has 0 radical (unpaired) electrons. The smallest absolute Gasteiger partial charge is 0.243 e. The molecule has 2 unspecified atom stereocenters. The van der Waals surface area contributed by atoms with Crippen LogP contribution in [0.2, 0.25) is 0 Å². The lowest BCUT2D eigenvalue weighted by Crippen LogP contribution is -2.47. The van der Waals surface area contributed by atoms with Crippen LogP contribution in [0.3, 0.4) is 0 Å². The van der Waals surface area contributed by atoms with E-state index in [0.717, 1.165) is 78.0 Å². The summed E-state index contributed by atoms with van der Waals surface area (Å²) < 4.78 is 10.9. The molecule has 3 rings (SSSR count). The highest BCUT2D eigenvalue weighted by Crippen LogP contribution is 2.17. The molecule has 0 aromatic rings. The van der Waals surface area contributed by atoms with E-state index in [0.29, 0.717) is 12.0 Å². The lowest BCUT2D eigenvalue weighted by Gasteiger charge is -2.32. The van der Waals surface area contributed by atoms with Crippen molar-refractivity contribution in [2.45, 2.75) is 18.9 Å². The van der Waals surface area contributed by atoms with Crippen molar-refractivity contribution in [1.82, 2.24) is 20.0 Å². The SMILES string of the molecule is CN(C)C(=O)CN=C(NCC1CCOC1)N1CCC(N2CCOCC2)C1. The van der Waals surface area contributed by atoms with Crippen molar-refractivity contribution >= 4 is 11.9 Å². The second-order valence-corrected chi connectivity index (χ2v) is 7.58. The first-order chi connectivity index (χ1) is 12.6. The summed E-state index contributed by atoms with van der Waals surface area (Å²) in [7, 11) is 3.54. The summed E-state index contributed by atoms with van der Waals surface area (Å²) in [5.74, 6) is 1.42. The monoisotopic (exact) mass is 367 g/mol. The van der Waals surface area contributed by atoms with Crippen LogP contribution in [-0.4, -0.2) is 112 Å². The van der Waals surface area contributed by atoms with E-state index in [1.165, 1.54) is 0 Å². The molecule has 1 amide bonds. The summed E-state index contributed by atoms with van der Waals surface area (Å²) in [5.41, 5.74) is 0. The maximum Gasteiger partial charge on any atom is 0.243 e. The third-order valence-corrected chi connectivity index (χ3v) is 5.46. The van der Waals surface area contributed by atoms with Crippen LogP contribution < -0.4 is 5.32 Å². The van der Waals surface area contributed by atoms with Gasteiger partial charge >= 0.3 is 0 Å². The van der Waals surface area contributed by atoms with Crippen LogP contribution in [-0.2, 0) is 14.3 Å². The zero-order chi connectivity index (χ0) is 18.4. The summed E-state index contributed by atoms with van der Waals surface area (Å²) in [6.07, 6.45) is 2.22. The molecule has 8 nitrogen and oxygen atoms in total. The number of hydrogen-bond donors (Lipinski definition) is 1. The molecule has 3 aliphatic heterocycles. The van der Waals surface area contributed by atoms with Gasteiger partial charge in [-0.3, -0.25) is 9.69 Å². The van der Waals surface area contributed by atoms with Crippen LogP contribution in [0.5, 0.6) is 0 Å². The number of rotatable bonds is 5. The molecule has 3 aliphatic rings. The third-order valence-electron chi connectivity index (χ3n) is 5.46. The first kappa shape index (κ1) is 19.4. The quantitative estimate of drug-likeness (QED) is 0.520. The van der Waals surface area contributed by atoms with Crippen molar-refractivity contribution in [2.75, 3.05) is 79.8 Å². The Labute approximate surface area is 156 Å². The molecule has 0 aromatic heterocycles. The topological polar surface area (TPSA) is 69.6 Å². The van der Waals surface area contributed by atoms with E-state index in [1.807, 2.05) is 0 Å². The van der Waals surface area contributed by atoms with Crippen LogP contribution in [0.25, 0.3) is 0 Å². The molecule has 8 heteroatoms. The van der Waals surface area contributed by atoms with Gasteiger partial charge in [-0.2, -0.15) is 0 Å². The summed E-state index contributed by atoms with van der Waals surface area (Å²) >= 11 is 0. The maximum atomic E-state index is 12.0. The van der Waals surface area contributed by atoms with Gasteiger partial charge in [0.05, 0.1) is 19.8 Å². The number of ether oxygens (including phenoxy) is 2. The fourth-order valence-electron chi connectivity index (χ4n) is 3.71. The Kier molecular flexibility index (Phi) is 7.10. The van der Waals surface area contributed by atoms with Crippen molar-refractivity contribution in [3.8, 4) is 0 Å². The molecule has 0 saturated carbocycles. The van der Waals surface area contributed by atoms with E-state index >= 15 is 0 Å². The number of amides is 1. The summed E-state index contributed by atoms with van der Waals surface area (Å²) in [4.78, 5) is 23.0. The molecule has 0 spiro atoms. The predicted molar refractivity (Wildman–Crippen MR) is 100 cm³/mol. The summed E-state index contributed by atoms with van der Waals surface area (Å²) in [6.45, 7) is 8.32. The largest absolute Gasteiger partial charge is 0.381 e. The molecule has 3 fully saturated rings. The van der Waals surface area contributed by atoms with Crippen LogP contribution in [0.4, 0.5) is 0 Å². The normalized spacial score (nSPS) is 27.8. The van der Waals surface area contributed by atoms with Gasteiger partial charge in [0.2, 0.25) is 5.91 Å². The molecule has 2 atom stereocenters. The van der Waals surface area contributed by atoms with Gasteiger partial charge in [0.1, 0.15) is 6.54 Å². The number of morpholine rings is 1. The van der Waals surface area contributed by atoms with Gasteiger partial charge in [-0.25, -0.2) is 4.99 Å². The van der Waals surface area contributed by atoms with Crippen molar-refractivity contribution < 1.29 is 14.3 Å². The lowest BCUT2D eigenvalue weighted by atomic mass is 10.1. The zero-order valence-corrected chi connectivity index (χ0v) is 16.2. The van der Waals surface area contributed by atoms with E-state index in [-0.39, 0.29) is 12.5 Å². The Morgan fingerprint density at radius 2 is 1.96 bits per heavy atom. The second-order valence-electron chi connectivity index (χ2n) is 7.58. The number of carbonyl (C=O) groups excluding carboxylic acids is 1. The van der Waals surface area contributed by atoms with E-state index in [1.54, 1.807) is 19.0 Å². The fraction of sp³-hybridized carbons (Fsp3) is 0.889. The fourth-order valence-corrected chi connectivity index (χ4v) is 3.71. The van der Waals surface area contributed by atoms with Crippen LogP contribution in [0.1, 0.15) is 12.8 Å². The molecule has 1 N–H and O–H groups in total. The van der Waals surface area contributed by atoms with Gasteiger partial charge in [0, 0.05) is 65.4 Å². The van der Waals surface area contributed by atoms with Crippen molar-refractivity contribution in [3.05, 3.63) is 0 Å². The van der Waals surface area contributed by atoms with E-state index in [4.69, 9.17) is 9.47 Å². The molecule has 0 aliphatic carbocycles. The number of nitrogens with zero attached hydrogens (tertiary/aromatic N) is 4. The maximum absolute atomic E-state index is 12.0. The van der Waals surface area contributed by atoms with Crippen molar-refractivity contribution in [2.24, 2.45) is 10.9 Å². The standard InChI is InChI=1S/C18H33N5O3/c1-21(2)17(24)12-20-18(19-11-15-4-8-26-14-15)23-5-3-16(13-23)22-6-9-25-10-7-22/h15-16H,3-14H2,1-2H3,(H,19,20). The Hall–Kier alpha value is -1.38. The highest BCUT2D eigenvalue weighted by atomic mass is 16.5. The highest BCUT2D eigenvalue weighted by Gasteiger charge is 2.30. The van der Waals surface area contributed by atoms with Crippen molar-refractivity contribution in [1.29, 1.82) is 0 Å². The zero-order valence-electron chi connectivity index (χ0n) is 16.2. The molecule has 148 valence electrons. The third kappa shape index (κ3) is 5.31. The van der Waals surface area contributed by atoms with Gasteiger partial charge in [0.15, 0.2) is 5.96 Å². The Morgan fingerprint density at radius 1 is 1.15 bits per heavy atom. The minimum absolute atomic E-state index is 0.0254. The van der Waals surface area contributed by atoms with E-state index in [9.17, 15) is 4.79 Å².